The molecule has 0 saturated heterocycles. The predicted octanol–water partition coefficient (Wildman–Crippen LogP) is 19.2. The molecular formula is C63H119NO4. The first-order valence-corrected chi connectivity index (χ1v) is 30.4. The summed E-state index contributed by atoms with van der Waals surface area (Å²) in [6.45, 7) is 4.21. The fourth-order valence-electron chi connectivity index (χ4n) is 9.43. The van der Waals surface area contributed by atoms with E-state index in [4.69, 9.17) is 0 Å². The first-order valence-electron chi connectivity index (χ1n) is 30.4. The third-order valence-corrected chi connectivity index (χ3v) is 14.1. The lowest BCUT2D eigenvalue weighted by Gasteiger charge is -2.21. The number of hydrogen-bond donors (Lipinski definition) is 4. The van der Waals surface area contributed by atoms with Crippen molar-refractivity contribution in [2.24, 2.45) is 0 Å². The molecule has 0 aliphatic rings. The van der Waals surface area contributed by atoms with Gasteiger partial charge in [0.05, 0.1) is 31.3 Å². The lowest BCUT2D eigenvalue weighted by atomic mass is 10.0. The SMILES string of the molecule is CCCCCCCC/C=C/CC/C=C/CC/C=C/C(O)C(CO)NC(=O)CC(O)CCCCCCCCCCCCCCCCC/C=C\CCCCCCCCCCCCCCCCCCCC. The number of nitrogens with one attached hydrogen (secondary N) is 1. The lowest BCUT2D eigenvalue weighted by Crippen LogP contribution is -2.45. The Kier molecular flexibility index (Phi) is 56.4. The molecule has 0 aliphatic heterocycles. The maximum Gasteiger partial charge on any atom is 0.222 e. The highest BCUT2D eigenvalue weighted by molar-refractivity contribution is 5.76. The summed E-state index contributed by atoms with van der Waals surface area (Å²) in [7, 11) is 0. The molecule has 0 aliphatic carbocycles. The molecule has 0 spiro atoms. The Balaban J connectivity index is 3.50. The van der Waals surface area contributed by atoms with Crippen LogP contribution in [0.4, 0.5) is 0 Å². The van der Waals surface area contributed by atoms with Crippen molar-refractivity contribution in [1.82, 2.24) is 5.32 Å². The third kappa shape index (κ3) is 53.7. The van der Waals surface area contributed by atoms with E-state index >= 15 is 0 Å². The van der Waals surface area contributed by atoms with Crippen LogP contribution in [0.15, 0.2) is 48.6 Å². The number of amides is 1. The molecule has 0 bridgehead atoms. The van der Waals surface area contributed by atoms with Gasteiger partial charge in [-0.1, -0.05) is 294 Å². The van der Waals surface area contributed by atoms with Crippen LogP contribution in [0, 0.1) is 0 Å². The van der Waals surface area contributed by atoms with Gasteiger partial charge in [0.2, 0.25) is 5.91 Å². The number of carbonyl (C=O) groups excluding carboxylic acids is 1. The van der Waals surface area contributed by atoms with E-state index < -0.39 is 18.2 Å². The first kappa shape index (κ1) is 66.3. The highest BCUT2D eigenvalue weighted by Gasteiger charge is 2.20. The van der Waals surface area contributed by atoms with Crippen LogP contribution in [0.1, 0.15) is 322 Å². The maximum atomic E-state index is 12.5. The van der Waals surface area contributed by atoms with Gasteiger partial charge in [0.25, 0.3) is 0 Å². The summed E-state index contributed by atoms with van der Waals surface area (Å²) in [6, 6.07) is -0.768. The average molecular weight is 955 g/mol. The molecule has 0 fully saturated rings. The molecule has 400 valence electrons. The van der Waals surface area contributed by atoms with Crippen LogP contribution in [0.3, 0.4) is 0 Å². The van der Waals surface area contributed by atoms with E-state index in [1.165, 1.54) is 257 Å². The maximum absolute atomic E-state index is 12.5. The van der Waals surface area contributed by atoms with Crippen molar-refractivity contribution in [1.29, 1.82) is 0 Å². The van der Waals surface area contributed by atoms with Crippen LogP contribution in [-0.2, 0) is 4.79 Å². The zero-order valence-corrected chi connectivity index (χ0v) is 45.7. The summed E-state index contributed by atoms with van der Waals surface area (Å²) in [6.07, 6.45) is 77.7. The molecule has 0 radical (unpaired) electrons. The molecule has 68 heavy (non-hydrogen) atoms. The number of unbranched alkanes of at least 4 members (excludes halogenated alkanes) is 41. The largest absolute Gasteiger partial charge is 0.394 e. The van der Waals surface area contributed by atoms with Gasteiger partial charge in [-0.3, -0.25) is 4.79 Å². The molecule has 0 aromatic heterocycles. The van der Waals surface area contributed by atoms with Crippen LogP contribution in [0.5, 0.6) is 0 Å². The highest BCUT2D eigenvalue weighted by Crippen LogP contribution is 2.17. The molecule has 0 aromatic carbocycles. The molecule has 0 saturated carbocycles. The third-order valence-electron chi connectivity index (χ3n) is 14.1. The molecule has 0 aromatic rings. The molecule has 5 nitrogen and oxygen atoms in total. The average Bonchev–Trinajstić information content (AvgIpc) is 3.33. The van der Waals surface area contributed by atoms with E-state index in [1.54, 1.807) is 6.08 Å². The normalized spacial score (nSPS) is 13.5. The van der Waals surface area contributed by atoms with Crippen molar-refractivity contribution < 1.29 is 20.1 Å². The van der Waals surface area contributed by atoms with Crippen molar-refractivity contribution in [3.8, 4) is 0 Å². The predicted molar refractivity (Wildman–Crippen MR) is 301 cm³/mol. The number of allylic oxidation sites excluding steroid dienone is 7. The summed E-state index contributed by atoms with van der Waals surface area (Å²) < 4.78 is 0. The summed E-state index contributed by atoms with van der Waals surface area (Å²) >= 11 is 0. The van der Waals surface area contributed by atoms with Crippen LogP contribution >= 0.6 is 0 Å². The second-order valence-electron chi connectivity index (χ2n) is 20.9. The lowest BCUT2D eigenvalue weighted by molar-refractivity contribution is -0.124. The van der Waals surface area contributed by atoms with Crippen molar-refractivity contribution in [2.45, 2.75) is 340 Å². The van der Waals surface area contributed by atoms with Crippen LogP contribution in [0.2, 0.25) is 0 Å². The van der Waals surface area contributed by atoms with Crippen LogP contribution in [-0.4, -0.2) is 46.1 Å². The van der Waals surface area contributed by atoms with Gasteiger partial charge in [0.1, 0.15) is 0 Å². The van der Waals surface area contributed by atoms with Crippen molar-refractivity contribution in [3.05, 3.63) is 48.6 Å². The van der Waals surface area contributed by atoms with Gasteiger partial charge in [0, 0.05) is 0 Å². The van der Waals surface area contributed by atoms with Crippen molar-refractivity contribution in [3.63, 3.8) is 0 Å². The minimum Gasteiger partial charge on any atom is -0.394 e. The summed E-state index contributed by atoms with van der Waals surface area (Å²) in [5.41, 5.74) is 0. The van der Waals surface area contributed by atoms with Gasteiger partial charge in [-0.05, 0) is 70.6 Å². The summed E-state index contributed by atoms with van der Waals surface area (Å²) in [4.78, 5) is 12.5. The Bertz CT molecular complexity index is 1100. The van der Waals surface area contributed by atoms with Gasteiger partial charge < -0.3 is 20.6 Å². The van der Waals surface area contributed by atoms with Crippen molar-refractivity contribution in [2.75, 3.05) is 6.61 Å². The van der Waals surface area contributed by atoms with Gasteiger partial charge >= 0.3 is 0 Å². The monoisotopic (exact) mass is 954 g/mol. The highest BCUT2D eigenvalue weighted by atomic mass is 16.3. The van der Waals surface area contributed by atoms with E-state index in [2.05, 4.69) is 55.6 Å². The Labute approximate surface area is 425 Å². The van der Waals surface area contributed by atoms with Gasteiger partial charge in [0.15, 0.2) is 0 Å². The Morgan fingerprint density at radius 2 is 0.632 bits per heavy atom. The fraction of sp³-hybridized carbons (Fsp3) is 0.857. The molecular weight excluding hydrogens is 835 g/mol. The van der Waals surface area contributed by atoms with E-state index in [1.807, 2.05) is 6.08 Å². The summed E-state index contributed by atoms with van der Waals surface area (Å²) in [5.74, 6) is -0.327. The Morgan fingerprint density at radius 1 is 0.368 bits per heavy atom. The zero-order chi connectivity index (χ0) is 49.3. The van der Waals surface area contributed by atoms with Crippen LogP contribution in [0.25, 0.3) is 0 Å². The zero-order valence-electron chi connectivity index (χ0n) is 45.7. The van der Waals surface area contributed by atoms with E-state index in [-0.39, 0.29) is 18.9 Å². The second kappa shape index (κ2) is 57.9. The van der Waals surface area contributed by atoms with Gasteiger partial charge in [-0.25, -0.2) is 0 Å². The second-order valence-corrected chi connectivity index (χ2v) is 20.9. The Morgan fingerprint density at radius 3 is 0.941 bits per heavy atom. The smallest absolute Gasteiger partial charge is 0.222 e. The number of hydrogen-bond acceptors (Lipinski definition) is 4. The minimum atomic E-state index is -0.961. The fourth-order valence-corrected chi connectivity index (χ4v) is 9.43. The quantitative estimate of drug-likeness (QED) is 0.0361. The first-order chi connectivity index (χ1) is 33.5. The van der Waals surface area contributed by atoms with E-state index in [0.717, 1.165) is 38.5 Å². The molecule has 3 atom stereocenters. The van der Waals surface area contributed by atoms with Crippen LogP contribution < -0.4 is 5.32 Å². The number of aliphatic hydroxyl groups excluding tert-OH is 3. The standard InChI is InChI=1S/C63H119NO4/c1-3-5-7-9-11-13-15-17-19-21-22-23-24-25-26-27-28-29-30-31-32-33-34-35-36-37-38-39-40-41-42-44-46-48-50-52-54-56-60(66)58-63(68)64-61(59-65)62(67)57-55-53-51-49-47-45-43-20-18-16-14-12-10-8-6-4-2/h18,20,31-32,47,49,55,57,60-62,65-67H,3-17,19,21-30,33-46,48,50-54,56,58-59H2,1-2H3,(H,64,68)/b20-18+,32-31-,49-47+,57-55+. The number of carbonyl (C=O) groups is 1. The molecule has 4 N–H and O–H groups in total. The molecule has 3 unspecified atom stereocenters. The molecule has 1 amide bonds. The molecule has 5 heteroatoms. The van der Waals surface area contributed by atoms with Gasteiger partial charge in [-0.2, -0.15) is 0 Å². The summed E-state index contributed by atoms with van der Waals surface area (Å²) in [5, 5.41) is 33.4. The minimum absolute atomic E-state index is 0.00324. The van der Waals surface area contributed by atoms with E-state index in [0.29, 0.717) is 6.42 Å². The van der Waals surface area contributed by atoms with Gasteiger partial charge in [-0.15, -0.1) is 0 Å². The molecule has 0 heterocycles. The van der Waals surface area contributed by atoms with E-state index in [9.17, 15) is 20.1 Å². The topological polar surface area (TPSA) is 89.8 Å². The van der Waals surface area contributed by atoms with Crippen molar-refractivity contribution >= 4 is 5.91 Å². The Hall–Kier alpha value is -1.69. The number of aliphatic hydroxyl groups is 3. The molecule has 0 rings (SSSR count). The number of rotatable bonds is 56.